The van der Waals surface area contributed by atoms with Gasteiger partial charge in [-0.05, 0) is 6.10 Å². The molecule has 3 nitrogen and oxygen atoms in total. The van der Waals surface area contributed by atoms with Gasteiger partial charge in [0.1, 0.15) is 0 Å². The average molecular weight is 216 g/mol. The zero-order valence-electron chi connectivity index (χ0n) is 5.47. The Labute approximate surface area is 86.4 Å². The zero-order valence-corrected chi connectivity index (χ0v) is 8.31. The van der Waals surface area contributed by atoms with Crippen LogP contribution in [0.3, 0.4) is 0 Å². The minimum Gasteiger partial charge on any atom is -0.422 e. The third kappa shape index (κ3) is 2.59. The number of ether oxygens (including phenoxy) is 1. The third-order valence-electron chi connectivity index (χ3n) is 1.28. The number of hydrogen-bond acceptors (Lipinski definition) is 3. The monoisotopic (exact) mass is 216 g/mol. The number of hydrogen-bond donors (Lipinski definition) is 2. The van der Waals surface area contributed by atoms with Crippen molar-refractivity contribution in [1.82, 2.24) is 0 Å². The average Bonchev–Trinajstić information content (AvgIpc) is 2.10. The molecule has 1 saturated heterocycles. The molecule has 0 aliphatic carbocycles. The largest absolute Gasteiger partial charge is 0.422 e. The quantitative estimate of drug-likeness (QED) is 0.411. The molecule has 53 valence electrons. The van der Waals surface area contributed by atoms with Crippen LogP contribution in [0.1, 0.15) is 0 Å². The SMILES string of the molecule is [B]C1[CH-]C(O)C(CO)O1.[Y]. The maximum atomic E-state index is 8.94. The van der Waals surface area contributed by atoms with Crippen LogP contribution in [0, 0.1) is 6.42 Å². The van der Waals surface area contributed by atoms with Crippen molar-refractivity contribution >= 4 is 7.85 Å². The van der Waals surface area contributed by atoms with E-state index in [-0.39, 0.29) is 39.3 Å². The Balaban J connectivity index is 0.000000810. The molecule has 0 bridgehead atoms. The van der Waals surface area contributed by atoms with Gasteiger partial charge >= 0.3 is 0 Å². The van der Waals surface area contributed by atoms with Gasteiger partial charge < -0.3 is 14.9 Å². The summed E-state index contributed by atoms with van der Waals surface area (Å²) in [6.45, 7) is -0.189. The standard InChI is InChI=1S/C5H8BO3.Y/c6-5-1-3(8)4(2-7)9-5;/h1,3-5,7-8H,2H2;/q-1;. The van der Waals surface area contributed by atoms with Gasteiger partial charge in [0.05, 0.1) is 20.6 Å². The van der Waals surface area contributed by atoms with Gasteiger partial charge in [0.2, 0.25) is 0 Å². The molecule has 1 aliphatic heterocycles. The second-order valence-electron chi connectivity index (χ2n) is 2.00. The summed E-state index contributed by atoms with van der Waals surface area (Å²) in [5.41, 5.74) is 0. The van der Waals surface area contributed by atoms with Gasteiger partial charge in [-0.1, -0.05) is 6.00 Å². The molecule has 0 spiro atoms. The van der Waals surface area contributed by atoms with Crippen LogP contribution >= 0.6 is 0 Å². The Morgan fingerprint density at radius 1 is 1.60 bits per heavy atom. The molecule has 0 aromatic heterocycles. The second kappa shape index (κ2) is 4.83. The molecule has 1 aliphatic rings. The normalized spacial score (nSPS) is 39.2. The molecule has 10 heavy (non-hydrogen) atoms. The van der Waals surface area contributed by atoms with Crippen LogP contribution in [0.4, 0.5) is 0 Å². The maximum absolute atomic E-state index is 8.94. The summed E-state index contributed by atoms with van der Waals surface area (Å²) in [6.07, 6.45) is 0.200. The Kier molecular flexibility index (Phi) is 5.34. The Morgan fingerprint density at radius 3 is 2.40 bits per heavy atom. The minimum absolute atomic E-state index is 0. The maximum Gasteiger partial charge on any atom is 0.0744 e. The van der Waals surface area contributed by atoms with Crippen LogP contribution in [0.2, 0.25) is 0 Å². The van der Waals surface area contributed by atoms with Gasteiger partial charge in [0.25, 0.3) is 0 Å². The van der Waals surface area contributed by atoms with Crippen molar-refractivity contribution in [1.29, 1.82) is 0 Å². The van der Waals surface area contributed by atoms with Crippen molar-refractivity contribution in [2.24, 2.45) is 0 Å². The summed E-state index contributed by atoms with van der Waals surface area (Å²) in [5.74, 6) is 0. The van der Waals surface area contributed by atoms with Crippen LogP contribution < -0.4 is 0 Å². The van der Waals surface area contributed by atoms with E-state index in [1.165, 1.54) is 6.42 Å². The Hall–Kier alpha value is 1.05. The van der Waals surface area contributed by atoms with Crippen molar-refractivity contribution in [3.63, 3.8) is 0 Å². The van der Waals surface area contributed by atoms with Crippen molar-refractivity contribution in [2.45, 2.75) is 18.2 Å². The van der Waals surface area contributed by atoms with Gasteiger partial charge in [-0.3, -0.25) is 6.42 Å². The van der Waals surface area contributed by atoms with Crippen molar-refractivity contribution in [3.8, 4) is 0 Å². The number of aliphatic hydroxyl groups is 2. The molecule has 5 heteroatoms. The molecule has 3 atom stereocenters. The zero-order chi connectivity index (χ0) is 6.85. The molecule has 0 aromatic carbocycles. The van der Waals surface area contributed by atoms with Crippen LogP contribution in [-0.4, -0.2) is 42.9 Å². The smallest absolute Gasteiger partial charge is 0.0744 e. The third-order valence-corrected chi connectivity index (χ3v) is 1.28. The first-order valence-electron chi connectivity index (χ1n) is 2.79. The van der Waals surface area contributed by atoms with Gasteiger partial charge in [0.15, 0.2) is 0 Å². The molecule has 1 rings (SSSR count). The van der Waals surface area contributed by atoms with Gasteiger partial charge in [-0.2, -0.15) is 0 Å². The first-order chi connectivity index (χ1) is 4.24. The van der Waals surface area contributed by atoms with E-state index in [0.29, 0.717) is 0 Å². The molecule has 0 amide bonds. The van der Waals surface area contributed by atoms with Crippen molar-refractivity contribution in [3.05, 3.63) is 6.42 Å². The van der Waals surface area contributed by atoms with E-state index in [1.54, 1.807) is 0 Å². The minimum atomic E-state index is -0.718. The van der Waals surface area contributed by atoms with Crippen molar-refractivity contribution < 1.29 is 47.7 Å². The van der Waals surface area contributed by atoms with Gasteiger partial charge in [0, 0.05) is 32.7 Å². The van der Waals surface area contributed by atoms with Gasteiger partial charge in [-0.15, -0.1) is 0 Å². The van der Waals surface area contributed by atoms with Crippen LogP contribution in [0.5, 0.6) is 0 Å². The van der Waals surface area contributed by atoms with E-state index < -0.39 is 18.2 Å². The number of aliphatic hydroxyl groups excluding tert-OH is 2. The van der Waals surface area contributed by atoms with E-state index in [1.807, 2.05) is 0 Å². The predicted octanol–water partition coefficient (Wildman–Crippen LogP) is -1.57. The topological polar surface area (TPSA) is 49.7 Å². The summed E-state index contributed by atoms with van der Waals surface area (Å²) in [5, 5.41) is 17.4. The Morgan fingerprint density at radius 2 is 2.20 bits per heavy atom. The number of rotatable bonds is 1. The second-order valence-corrected chi connectivity index (χ2v) is 2.00. The molecule has 3 radical (unpaired) electrons. The fraction of sp³-hybridized carbons (Fsp3) is 0.800. The van der Waals surface area contributed by atoms with Crippen molar-refractivity contribution in [2.75, 3.05) is 6.61 Å². The molecular weight excluding hydrogens is 208 g/mol. The summed E-state index contributed by atoms with van der Waals surface area (Å²) in [7, 11) is 5.24. The summed E-state index contributed by atoms with van der Waals surface area (Å²) < 4.78 is 4.84. The fourth-order valence-corrected chi connectivity index (χ4v) is 0.797. The molecular formula is C5H8BO3Y-. The Bertz CT molecular complexity index is 103. The van der Waals surface area contributed by atoms with Crippen LogP contribution in [0.25, 0.3) is 0 Å². The summed E-state index contributed by atoms with van der Waals surface area (Å²) >= 11 is 0. The fourth-order valence-electron chi connectivity index (χ4n) is 0.797. The molecule has 2 N–H and O–H groups in total. The van der Waals surface area contributed by atoms with E-state index in [4.69, 9.17) is 22.8 Å². The van der Waals surface area contributed by atoms with Gasteiger partial charge in [-0.25, -0.2) is 0 Å². The first-order valence-corrected chi connectivity index (χ1v) is 2.79. The molecule has 0 aromatic rings. The predicted molar refractivity (Wildman–Crippen MR) is 31.8 cm³/mol. The van der Waals surface area contributed by atoms with E-state index in [2.05, 4.69) is 0 Å². The molecule has 0 saturated carbocycles. The molecule has 3 unspecified atom stereocenters. The van der Waals surface area contributed by atoms with Crippen LogP contribution in [0.15, 0.2) is 0 Å². The molecule has 1 fully saturated rings. The summed E-state index contributed by atoms with van der Waals surface area (Å²) in [4.78, 5) is 0. The van der Waals surface area contributed by atoms with E-state index >= 15 is 0 Å². The van der Waals surface area contributed by atoms with E-state index in [0.717, 1.165) is 0 Å². The first kappa shape index (κ1) is 11.0. The summed E-state index contributed by atoms with van der Waals surface area (Å²) in [6, 6.07) is -0.530. The van der Waals surface area contributed by atoms with Crippen LogP contribution in [-0.2, 0) is 37.4 Å². The molecule has 1 heterocycles. The van der Waals surface area contributed by atoms with E-state index in [9.17, 15) is 0 Å².